The highest BCUT2D eigenvalue weighted by molar-refractivity contribution is 8.00. The highest BCUT2D eigenvalue weighted by atomic mass is 35.5. The minimum Gasteiger partial charge on any atom is -0.468 e. The molecule has 1 heterocycles. The van der Waals surface area contributed by atoms with E-state index < -0.39 is 0 Å². The van der Waals surface area contributed by atoms with Crippen molar-refractivity contribution in [2.75, 3.05) is 31.3 Å². The van der Waals surface area contributed by atoms with Crippen LogP contribution in [0.15, 0.2) is 18.2 Å². The van der Waals surface area contributed by atoms with Crippen molar-refractivity contribution in [1.29, 1.82) is 0 Å². The Labute approximate surface area is 139 Å². The van der Waals surface area contributed by atoms with Crippen molar-refractivity contribution < 1.29 is 9.53 Å². The first-order chi connectivity index (χ1) is 10.0. The number of halogens is 1. The summed E-state index contributed by atoms with van der Waals surface area (Å²) in [4.78, 5) is 13.6. The maximum atomic E-state index is 11.6. The summed E-state index contributed by atoms with van der Waals surface area (Å²) in [7, 11) is 1.41. The number of esters is 1. The molecule has 0 bridgehead atoms. The molecule has 1 N–H and O–H groups in total. The van der Waals surface area contributed by atoms with Crippen molar-refractivity contribution in [1.82, 2.24) is 4.90 Å². The van der Waals surface area contributed by atoms with E-state index >= 15 is 0 Å². The maximum absolute atomic E-state index is 11.6. The van der Waals surface area contributed by atoms with Gasteiger partial charge in [0.2, 0.25) is 0 Å². The highest BCUT2D eigenvalue weighted by Gasteiger charge is 2.28. The van der Waals surface area contributed by atoms with E-state index in [-0.39, 0.29) is 11.2 Å². The number of benzene rings is 1. The molecule has 1 atom stereocenters. The van der Waals surface area contributed by atoms with Crippen LogP contribution in [0.2, 0.25) is 5.02 Å². The SMILES string of the molecule is COC(=O)[C@H]1CN(C(=S)Nc2ccc(C)c(Cl)c2)CCS1. The summed E-state index contributed by atoms with van der Waals surface area (Å²) in [5.74, 6) is 0.641. The van der Waals surface area contributed by atoms with E-state index in [0.29, 0.717) is 16.7 Å². The van der Waals surface area contributed by atoms with E-state index in [9.17, 15) is 4.79 Å². The van der Waals surface area contributed by atoms with Gasteiger partial charge < -0.3 is 15.0 Å². The fraction of sp³-hybridized carbons (Fsp3) is 0.429. The maximum Gasteiger partial charge on any atom is 0.320 e. The number of aryl methyl sites for hydroxylation is 1. The Bertz CT molecular complexity index is 554. The zero-order valence-electron chi connectivity index (χ0n) is 11.9. The molecule has 1 aliphatic heterocycles. The molecule has 2 rings (SSSR count). The standard InChI is InChI=1S/C14H17ClN2O2S2/c1-9-3-4-10(7-11(9)15)16-14(20)17-5-6-21-12(8-17)13(18)19-2/h3-4,7,12H,5-6,8H2,1-2H3,(H,16,20)/t12-/m1/s1. The first-order valence-electron chi connectivity index (χ1n) is 6.52. The average Bonchev–Trinajstić information content (AvgIpc) is 2.50. The Hall–Kier alpha value is -0.980. The third-order valence-corrected chi connectivity index (χ3v) is 5.17. The van der Waals surface area contributed by atoms with Crippen molar-refractivity contribution in [3.8, 4) is 0 Å². The predicted molar refractivity (Wildman–Crippen MR) is 92.2 cm³/mol. The first-order valence-corrected chi connectivity index (χ1v) is 8.36. The number of thiocarbonyl (C=S) groups is 1. The summed E-state index contributed by atoms with van der Waals surface area (Å²) in [5, 5.41) is 4.28. The molecule has 1 aromatic carbocycles. The lowest BCUT2D eigenvalue weighted by atomic mass is 10.2. The van der Waals surface area contributed by atoms with Crippen LogP contribution in [-0.4, -0.2) is 47.2 Å². The molecule has 21 heavy (non-hydrogen) atoms. The number of hydrogen-bond donors (Lipinski definition) is 1. The van der Waals surface area contributed by atoms with Gasteiger partial charge in [0.25, 0.3) is 0 Å². The van der Waals surface area contributed by atoms with Gasteiger partial charge in [0, 0.05) is 29.6 Å². The van der Waals surface area contributed by atoms with Gasteiger partial charge in [0.05, 0.1) is 7.11 Å². The van der Waals surface area contributed by atoms with E-state index in [4.69, 9.17) is 28.6 Å². The molecule has 1 aromatic rings. The molecule has 0 unspecified atom stereocenters. The lowest BCUT2D eigenvalue weighted by molar-refractivity contribution is -0.140. The first kappa shape index (κ1) is 16.4. The Morgan fingerprint density at radius 2 is 2.33 bits per heavy atom. The van der Waals surface area contributed by atoms with E-state index in [1.165, 1.54) is 7.11 Å². The largest absolute Gasteiger partial charge is 0.468 e. The Kier molecular flexibility index (Phi) is 5.72. The predicted octanol–water partition coefficient (Wildman–Crippen LogP) is 2.94. The van der Waals surface area contributed by atoms with Crippen LogP contribution in [0.1, 0.15) is 5.56 Å². The summed E-state index contributed by atoms with van der Waals surface area (Å²) < 4.78 is 4.80. The van der Waals surface area contributed by atoms with Crippen molar-refractivity contribution in [2.45, 2.75) is 12.2 Å². The molecule has 4 nitrogen and oxygen atoms in total. The van der Waals surface area contributed by atoms with E-state index in [2.05, 4.69) is 5.32 Å². The molecule has 1 aliphatic rings. The number of methoxy groups -OCH3 is 1. The lowest BCUT2D eigenvalue weighted by Gasteiger charge is -2.33. The third kappa shape index (κ3) is 4.25. The van der Waals surface area contributed by atoms with Crippen molar-refractivity contribution in [2.24, 2.45) is 0 Å². The van der Waals surface area contributed by atoms with Crippen molar-refractivity contribution in [3.63, 3.8) is 0 Å². The van der Waals surface area contributed by atoms with Crippen LogP contribution < -0.4 is 5.32 Å². The summed E-state index contributed by atoms with van der Waals surface area (Å²) >= 11 is 13.1. The number of thioether (sulfide) groups is 1. The number of nitrogens with one attached hydrogen (secondary N) is 1. The molecule has 114 valence electrons. The van der Waals surface area contributed by atoms with Crippen molar-refractivity contribution >= 4 is 52.3 Å². The fourth-order valence-electron chi connectivity index (χ4n) is 1.98. The molecule has 0 amide bonds. The van der Waals surface area contributed by atoms with Crippen LogP contribution in [-0.2, 0) is 9.53 Å². The summed E-state index contributed by atoms with van der Waals surface area (Å²) in [5.41, 5.74) is 1.87. The van der Waals surface area contributed by atoms with Gasteiger partial charge in [-0.1, -0.05) is 17.7 Å². The van der Waals surface area contributed by atoms with Gasteiger partial charge in [-0.05, 0) is 36.8 Å². The molecule has 0 aromatic heterocycles. The number of ether oxygens (including phenoxy) is 1. The second-order valence-electron chi connectivity index (χ2n) is 4.72. The minimum atomic E-state index is -0.203. The molecule has 0 spiro atoms. The van der Waals surface area contributed by atoms with Gasteiger partial charge >= 0.3 is 5.97 Å². The third-order valence-electron chi connectivity index (χ3n) is 3.24. The van der Waals surface area contributed by atoms with E-state index in [0.717, 1.165) is 23.5 Å². The summed E-state index contributed by atoms with van der Waals surface area (Å²) in [6, 6.07) is 5.72. The van der Waals surface area contributed by atoms with Crippen LogP contribution in [0, 0.1) is 6.92 Å². The highest BCUT2D eigenvalue weighted by Crippen LogP contribution is 2.23. The van der Waals surface area contributed by atoms with Gasteiger partial charge in [-0.3, -0.25) is 4.79 Å². The number of anilines is 1. The number of nitrogens with zero attached hydrogens (tertiary/aromatic N) is 1. The van der Waals surface area contributed by atoms with E-state index in [1.807, 2.05) is 30.0 Å². The van der Waals surface area contributed by atoms with Crippen LogP contribution in [0.25, 0.3) is 0 Å². The van der Waals surface area contributed by atoms with Gasteiger partial charge in [0.15, 0.2) is 5.11 Å². The molecule has 0 aliphatic carbocycles. The number of hydrogen-bond acceptors (Lipinski definition) is 4. The number of carbonyl (C=O) groups is 1. The van der Waals surface area contributed by atoms with Crippen LogP contribution >= 0.6 is 35.6 Å². The minimum absolute atomic E-state index is 0.190. The monoisotopic (exact) mass is 344 g/mol. The molecule has 1 fully saturated rings. The van der Waals surface area contributed by atoms with Gasteiger partial charge in [-0.25, -0.2) is 0 Å². The van der Waals surface area contributed by atoms with Gasteiger partial charge in [-0.2, -0.15) is 0 Å². The fourth-order valence-corrected chi connectivity index (χ4v) is 3.57. The quantitative estimate of drug-likeness (QED) is 0.657. The van der Waals surface area contributed by atoms with E-state index in [1.54, 1.807) is 11.8 Å². The second-order valence-corrected chi connectivity index (χ2v) is 6.83. The van der Waals surface area contributed by atoms with Crippen LogP contribution in [0.3, 0.4) is 0 Å². The molecular formula is C14H17ClN2O2S2. The van der Waals surface area contributed by atoms with Gasteiger partial charge in [-0.15, -0.1) is 11.8 Å². The topological polar surface area (TPSA) is 41.6 Å². The number of carbonyl (C=O) groups excluding carboxylic acids is 1. The van der Waals surface area contributed by atoms with Crippen molar-refractivity contribution in [3.05, 3.63) is 28.8 Å². The normalized spacial score (nSPS) is 18.2. The van der Waals surface area contributed by atoms with Crippen LogP contribution in [0.5, 0.6) is 0 Å². The Morgan fingerprint density at radius 1 is 1.57 bits per heavy atom. The lowest BCUT2D eigenvalue weighted by Crippen LogP contribution is -2.46. The molecule has 7 heteroatoms. The molecular weight excluding hydrogens is 328 g/mol. The second kappa shape index (κ2) is 7.33. The van der Waals surface area contributed by atoms with Gasteiger partial charge in [0.1, 0.15) is 5.25 Å². The average molecular weight is 345 g/mol. The molecule has 1 saturated heterocycles. The smallest absolute Gasteiger partial charge is 0.320 e. The molecule has 0 saturated carbocycles. The Morgan fingerprint density at radius 3 is 3.00 bits per heavy atom. The zero-order valence-corrected chi connectivity index (χ0v) is 14.3. The summed E-state index contributed by atoms with van der Waals surface area (Å²) in [6.07, 6.45) is 0. The zero-order chi connectivity index (χ0) is 15.4. The number of rotatable bonds is 2. The summed E-state index contributed by atoms with van der Waals surface area (Å²) in [6.45, 7) is 3.32. The molecule has 0 radical (unpaired) electrons. The van der Waals surface area contributed by atoms with Crippen LogP contribution in [0.4, 0.5) is 5.69 Å². The Balaban J connectivity index is 1.99.